The molecule has 12 heavy (non-hydrogen) atoms. The van der Waals surface area contributed by atoms with Crippen molar-refractivity contribution < 1.29 is 4.42 Å². The summed E-state index contributed by atoms with van der Waals surface area (Å²) >= 11 is 0. The first-order valence-corrected chi connectivity index (χ1v) is 3.34. The lowest BCUT2D eigenvalue weighted by Gasteiger charge is -1.92. The maximum absolute atomic E-state index is 8.52. The van der Waals surface area contributed by atoms with Crippen LogP contribution in [0.1, 0.15) is 12.7 Å². The third-order valence-corrected chi connectivity index (χ3v) is 1.49. The Kier molecular flexibility index (Phi) is 2.30. The van der Waals surface area contributed by atoms with Crippen molar-refractivity contribution in [3.63, 3.8) is 0 Å². The van der Waals surface area contributed by atoms with Crippen LogP contribution >= 0.6 is 0 Å². The first kappa shape index (κ1) is 8.10. The number of furan rings is 1. The standard InChI is InChI=1S/C9H6N2O/c1-7(8(5-10)6-11)9-3-2-4-12-9/h2-4H,1H3. The summed E-state index contributed by atoms with van der Waals surface area (Å²) in [7, 11) is 0. The molecule has 0 aliphatic rings. The zero-order valence-electron chi connectivity index (χ0n) is 6.53. The van der Waals surface area contributed by atoms with E-state index in [9.17, 15) is 0 Å². The molecule has 0 aliphatic carbocycles. The second-order valence-electron chi connectivity index (χ2n) is 2.20. The smallest absolute Gasteiger partial charge is 0.136 e. The Morgan fingerprint density at radius 1 is 1.42 bits per heavy atom. The third-order valence-electron chi connectivity index (χ3n) is 1.49. The summed E-state index contributed by atoms with van der Waals surface area (Å²) in [6.45, 7) is 1.68. The minimum Gasteiger partial charge on any atom is -0.465 e. The Morgan fingerprint density at radius 3 is 2.50 bits per heavy atom. The van der Waals surface area contributed by atoms with Gasteiger partial charge in [0.15, 0.2) is 0 Å². The maximum atomic E-state index is 8.52. The molecule has 0 saturated heterocycles. The van der Waals surface area contributed by atoms with Crippen molar-refractivity contribution in [1.82, 2.24) is 0 Å². The molecular formula is C9H6N2O. The first-order valence-electron chi connectivity index (χ1n) is 3.34. The van der Waals surface area contributed by atoms with E-state index in [0.717, 1.165) is 0 Å². The highest BCUT2D eigenvalue weighted by molar-refractivity contribution is 5.70. The molecule has 0 aromatic carbocycles. The lowest BCUT2D eigenvalue weighted by molar-refractivity contribution is 0.552. The van der Waals surface area contributed by atoms with E-state index in [2.05, 4.69) is 0 Å². The van der Waals surface area contributed by atoms with Crippen molar-refractivity contribution >= 4 is 5.57 Å². The van der Waals surface area contributed by atoms with E-state index in [1.807, 2.05) is 0 Å². The van der Waals surface area contributed by atoms with Crippen molar-refractivity contribution in [2.45, 2.75) is 6.92 Å². The fraction of sp³-hybridized carbons (Fsp3) is 0.111. The fourth-order valence-electron chi connectivity index (χ4n) is 0.808. The minimum atomic E-state index is 0.0879. The van der Waals surface area contributed by atoms with Gasteiger partial charge in [-0.15, -0.1) is 0 Å². The molecule has 1 aromatic heterocycles. The Bertz CT molecular complexity index is 358. The summed E-state index contributed by atoms with van der Waals surface area (Å²) in [5.41, 5.74) is 0.662. The van der Waals surface area contributed by atoms with Crippen molar-refractivity contribution in [3.8, 4) is 12.1 Å². The molecule has 1 heterocycles. The highest BCUT2D eigenvalue weighted by Crippen LogP contribution is 2.17. The summed E-state index contributed by atoms with van der Waals surface area (Å²) in [6.07, 6.45) is 1.51. The second kappa shape index (κ2) is 3.41. The lowest BCUT2D eigenvalue weighted by atomic mass is 10.1. The van der Waals surface area contributed by atoms with Gasteiger partial charge in [0.25, 0.3) is 0 Å². The molecule has 0 aliphatic heterocycles. The normalized spacial score (nSPS) is 8.25. The van der Waals surface area contributed by atoms with Crippen molar-refractivity contribution in [3.05, 3.63) is 29.7 Å². The van der Waals surface area contributed by atoms with Crippen LogP contribution in [0.3, 0.4) is 0 Å². The quantitative estimate of drug-likeness (QED) is 0.588. The molecule has 0 fully saturated rings. The summed E-state index contributed by atoms with van der Waals surface area (Å²) in [5, 5.41) is 17.0. The number of hydrogen-bond donors (Lipinski definition) is 0. The van der Waals surface area contributed by atoms with Crippen LogP contribution in [0.5, 0.6) is 0 Å². The molecule has 0 atom stereocenters. The molecule has 0 spiro atoms. The van der Waals surface area contributed by atoms with E-state index in [4.69, 9.17) is 14.9 Å². The molecule has 3 nitrogen and oxygen atoms in total. The maximum Gasteiger partial charge on any atom is 0.136 e. The van der Waals surface area contributed by atoms with Crippen molar-refractivity contribution in [2.24, 2.45) is 0 Å². The SMILES string of the molecule is CC(=C(C#N)C#N)c1ccco1. The number of rotatable bonds is 1. The number of nitriles is 2. The molecular weight excluding hydrogens is 152 g/mol. The predicted molar refractivity (Wildman–Crippen MR) is 42.5 cm³/mol. The minimum absolute atomic E-state index is 0.0879. The summed E-state index contributed by atoms with van der Waals surface area (Å²) in [5.74, 6) is 0.563. The Hall–Kier alpha value is -2.00. The van der Waals surface area contributed by atoms with Gasteiger partial charge in [-0.3, -0.25) is 0 Å². The molecule has 58 valence electrons. The fourth-order valence-corrected chi connectivity index (χ4v) is 0.808. The van der Waals surface area contributed by atoms with E-state index in [1.54, 1.807) is 31.2 Å². The monoisotopic (exact) mass is 158 g/mol. The summed E-state index contributed by atoms with van der Waals surface area (Å²) < 4.78 is 5.02. The van der Waals surface area contributed by atoms with Gasteiger partial charge in [0, 0.05) is 5.57 Å². The van der Waals surface area contributed by atoms with Gasteiger partial charge < -0.3 is 4.42 Å². The van der Waals surface area contributed by atoms with Crippen LogP contribution in [-0.2, 0) is 0 Å². The Balaban J connectivity index is 3.16. The van der Waals surface area contributed by atoms with E-state index in [1.165, 1.54) is 6.26 Å². The van der Waals surface area contributed by atoms with Crippen LogP contribution in [0, 0.1) is 22.7 Å². The van der Waals surface area contributed by atoms with Gasteiger partial charge in [0.2, 0.25) is 0 Å². The van der Waals surface area contributed by atoms with Gasteiger partial charge in [0.05, 0.1) is 6.26 Å². The van der Waals surface area contributed by atoms with Crippen LogP contribution in [-0.4, -0.2) is 0 Å². The molecule has 0 N–H and O–H groups in total. The van der Waals surface area contributed by atoms with Crippen LogP contribution in [0.25, 0.3) is 5.57 Å². The lowest BCUT2D eigenvalue weighted by Crippen LogP contribution is -1.80. The van der Waals surface area contributed by atoms with Gasteiger partial charge in [-0.1, -0.05) is 0 Å². The summed E-state index contributed by atoms with van der Waals surface area (Å²) in [6, 6.07) is 7.02. The zero-order chi connectivity index (χ0) is 8.97. The molecule has 0 unspecified atom stereocenters. The highest BCUT2D eigenvalue weighted by atomic mass is 16.3. The van der Waals surface area contributed by atoms with Crippen LogP contribution < -0.4 is 0 Å². The zero-order valence-corrected chi connectivity index (χ0v) is 6.53. The summed E-state index contributed by atoms with van der Waals surface area (Å²) in [4.78, 5) is 0. The van der Waals surface area contributed by atoms with E-state index < -0.39 is 0 Å². The number of nitrogens with zero attached hydrogens (tertiary/aromatic N) is 2. The molecule has 0 radical (unpaired) electrons. The predicted octanol–water partition coefficient (Wildman–Crippen LogP) is 2.10. The van der Waals surface area contributed by atoms with Gasteiger partial charge in [-0.2, -0.15) is 10.5 Å². The van der Waals surface area contributed by atoms with Gasteiger partial charge >= 0.3 is 0 Å². The van der Waals surface area contributed by atoms with Crippen LogP contribution in [0.4, 0.5) is 0 Å². The molecule has 1 rings (SSSR count). The highest BCUT2D eigenvalue weighted by Gasteiger charge is 2.04. The van der Waals surface area contributed by atoms with Gasteiger partial charge in [0.1, 0.15) is 23.5 Å². The van der Waals surface area contributed by atoms with Crippen LogP contribution in [0.2, 0.25) is 0 Å². The second-order valence-corrected chi connectivity index (χ2v) is 2.20. The van der Waals surface area contributed by atoms with Gasteiger partial charge in [-0.05, 0) is 19.1 Å². The third kappa shape index (κ3) is 1.36. The molecule has 3 heteroatoms. The van der Waals surface area contributed by atoms with Gasteiger partial charge in [-0.25, -0.2) is 0 Å². The Morgan fingerprint density at radius 2 is 2.08 bits per heavy atom. The number of hydrogen-bond acceptors (Lipinski definition) is 3. The largest absolute Gasteiger partial charge is 0.465 e. The Labute approximate surface area is 70.1 Å². The van der Waals surface area contributed by atoms with Crippen LogP contribution in [0.15, 0.2) is 28.4 Å². The average Bonchev–Trinajstić information content (AvgIpc) is 2.58. The topological polar surface area (TPSA) is 60.7 Å². The molecule has 0 bridgehead atoms. The molecule has 0 amide bonds. The van der Waals surface area contributed by atoms with Crippen molar-refractivity contribution in [1.29, 1.82) is 10.5 Å². The average molecular weight is 158 g/mol. The van der Waals surface area contributed by atoms with E-state index in [0.29, 0.717) is 11.3 Å². The van der Waals surface area contributed by atoms with E-state index in [-0.39, 0.29) is 5.57 Å². The molecule has 0 saturated carbocycles. The number of allylic oxidation sites excluding steroid dienone is 2. The van der Waals surface area contributed by atoms with E-state index >= 15 is 0 Å². The first-order chi connectivity index (χ1) is 5.79. The molecule has 1 aromatic rings. The van der Waals surface area contributed by atoms with Crippen molar-refractivity contribution in [2.75, 3.05) is 0 Å².